The van der Waals surface area contributed by atoms with Crippen LogP contribution in [0.25, 0.3) is 0 Å². The Kier molecular flexibility index (Phi) is 6.63. The predicted octanol–water partition coefficient (Wildman–Crippen LogP) is 3.13. The molecule has 0 aromatic heterocycles. The minimum Gasteiger partial charge on any atom is -0.452 e. The number of imide groups is 2. The minimum atomic E-state index is -1.00. The first-order chi connectivity index (χ1) is 16.8. The lowest BCUT2D eigenvalue weighted by atomic mass is 10.1. The number of nitrogens with one attached hydrogen (secondary N) is 2. The summed E-state index contributed by atoms with van der Waals surface area (Å²) in [6.07, 6.45) is 0. The number of halogens is 1. The molecule has 0 saturated heterocycles. The molecule has 5 amide bonds. The number of ether oxygens (including phenoxy) is 1. The van der Waals surface area contributed by atoms with Gasteiger partial charge < -0.3 is 10.1 Å². The fourth-order valence-electron chi connectivity index (χ4n) is 3.42. The normalized spacial score (nSPS) is 12.2. The molecule has 1 aliphatic rings. The van der Waals surface area contributed by atoms with Crippen LogP contribution in [-0.4, -0.2) is 41.2 Å². The van der Waals surface area contributed by atoms with Crippen LogP contribution in [0.15, 0.2) is 72.8 Å². The highest BCUT2D eigenvalue weighted by Crippen LogP contribution is 2.26. The molecule has 3 aromatic rings. The molecular formula is C25H18FN3O6. The average molecular weight is 475 g/mol. The van der Waals surface area contributed by atoms with Crippen LogP contribution in [0, 0.1) is 5.82 Å². The van der Waals surface area contributed by atoms with E-state index in [2.05, 4.69) is 5.32 Å². The van der Waals surface area contributed by atoms with Gasteiger partial charge in [0.05, 0.1) is 28.9 Å². The number of hydrogen-bond donors (Lipinski definition) is 2. The third-order valence-corrected chi connectivity index (χ3v) is 5.10. The first-order valence-corrected chi connectivity index (χ1v) is 10.4. The van der Waals surface area contributed by atoms with Gasteiger partial charge >= 0.3 is 12.0 Å². The highest BCUT2D eigenvalue weighted by molar-refractivity contribution is 6.21. The Morgan fingerprint density at radius 2 is 1.54 bits per heavy atom. The molecule has 1 aliphatic heterocycles. The van der Waals surface area contributed by atoms with Crippen molar-refractivity contribution in [1.82, 2.24) is 10.2 Å². The lowest BCUT2D eigenvalue weighted by Gasteiger charge is -2.13. The molecule has 176 valence electrons. The predicted molar refractivity (Wildman–Crippen MR) is 121 cm³/mol. The van der Waals surface area contributed by atoms with Crippen LogP contribution in [0.3, 0.4) is 0 Å². The van der Waals surface area contributed by atoms with E-state index in [1.807, 2.05) is 11.4 Å². The minimum absolute atomic E-state index is 0.0462. The van der Waals surface area contributed by atoms with Crippen molar-refractivity contribution in [3.05, 3.63) is 101 Å². The number of amides is 5. The Morgan fingerprint density at radius 1 is 0.857 bits per heavy atom. The average Bonchev–Trinajstić information content (AvgIpc) is 3.09. The zero-order valence-corrected chi connectivity index (χ0v) is 18.1. The molecule has 1 heterocycles. The van der Waals surface area contributed by atoms with E-state index >= 15 is 0 Å². The molecular weight excluding hydrogens is 457 g/mol. The number of rotatable bonds is 6. The van der Waals surface area contributed by atoms with Crippen molar-refractivity contribution in [3.8, 4) is 0 Å². The zero-order chi connectivity index (χ0) is 24.9. The van der Waals surface area contributed by atoms with Crippen LogP contribution in [0.5, 0.6) is 0 Å². The van der Waals surface area contributed by atoms with Crippen molar-refractivity contribution >= 4 is 35.4 Å². The van der Waals surface area contributed by atoms with Gasteiger partial charge in [0.2, 0.25) is 0 Å². The lowest BCUT2D eigenvalue weighted by molar-refractivity contribution is -0.123. The number of carbonyl (C=O) groups excluding carboxylic acids is 5. The van der Waals surface area contributed by atoms with Crippen LogP contribution >= 0.6 is 0 Å². The van der Waals surface area contributed by atoms with Crippen molar-refractivity contribution in [1.29, 1.82) is 0 Å². The van der Waals surface area contributed by atoms with E-state index in [0.717, 1.165) is 16.5 Å². The summed E-state index contributed by atoms with van der Waals surface area (Å²) in [5.41, 5.74) is 0.800. The topological polar surface area (TPSA) is 122 Å². The Morgan fingerprint density at radius 3 is 2.29 bits per heavy atom. The van der Waals surface area contributed by atoms with E-state index in [1.54, 1.807) is 24.3 Å². The van der Waals surface area contributed by atoms with E-state index in [-0.39, 0.29) is 28.9 Å². The summed E-state index contributed by atoms with van der Waals surface area (Å²) in [5, 5.41) is 4.07. The quantitative estimate of drug-likeness (QED) is 0.417. The van der Waals surface area contributed by atoms with Crippen molar-refractivity contribution in [2.24, 2.45) is 0 Å². The molecule has 0 spiro atoms. The largest absolute Gasteiger partial charge is 0.452 e. The summed E-state index contributed by atoms with van der Waals surface area (Å²) in [6.45, 7) is -0.713. The van der Waals surface area contributed by atoms with Gasteiger partial charge in [0, 0.05) is 0 Å². The monoisotopic (exact) mass is 475 g/mol. The summed E-state index contributed by atoms with van der Waals surface area (Å²) in [5.74, 6) is -3.60. The van der Waals surface area contributed by atoms with Crippen molar-refractivity contribution in [3.63, 3.8) is 0 Å². The molecule has 0 unspecified atom stereocenters. The fraction of sp³-hybridized carbons (Fsp3) is 0.0800. The van der Waals surface area contributed by atoms with E-state index in [4.69, 9.17) is 4.74 Å². The zero-order valence-electron chi connectivity index (χ0n) is 18.1. The van der Waals surface area contributed by atoms with Gasteiger partial charge in [-0.25, -0.2) is 14.0 Å². The molecule has 3 aromatic carbocycles. The SMILES string of the molecule is O=C(COC(=O)c1ccc2c(c1)C(=O)N(Cc1ccccc1)C2=O)NC(=O)Nc1ccccc1F. The van der Waals surface area contributed by atoms with E-state index in [0.29, 0.717) is 0 Å². The molecule has 0 radical (unpaired) electrons. The number of anilines is 1. The maximum Gasteiger partial charge on any atom is 0.338 e. The van der Waals surface area contributed by atoms with Crippen LogP contribution in [0.2, 0.25) is 0 Å². The van der Waals surface area contributed by atoms with Crippen molar-refractivity contribution in [2.75, 3.05) is 11.9 Å². The maximum absolute atomic E-state index is 13.6. The molecule has 4 rings (SSSR count). The second-order valence-corrected chi connectivity index (χ2v) is 7.50. The van der Waals surface area contributed by atoms with Gasteiger partial charge in [-0.2, -0.15) is 0 Å². The van der Waals surface area contributed by atoms with Crippen LogP contribution in [-0.2, 0) is 16.1 Å². The number of hydrogen-bond acceptors (Lipinski definition) is 6. The summed E-state index contributed by atoms with van der Waals surface area (Å²) >= 11 is 0. The number of carbonyl (C=O) groups is 5. The van der Waals surface area contributed by atoms with Crippen LogP contribution in [0.1, 0.15) is 36.6 Å². The standard InChI is InChI=1S/C25H18FN3O6/c26-19-8-4-5-9-20(19)27-25(34)28-21(30)14-35-24(33)16-10-11-17-18(12-16)23(32)29(22(17)31)13-15-6-2-1-3-7-15/h1-12H,13-14H2,(H2,27,28,30,34). The van der Waals surface area contributed by atoms with Gasteiger partial charge in [-0.05, 0) is 35.9 Å². The van der Waals surface area contributed by atoms with Crippen molar-refractivity contribution in [2.45, 2.75) is 6.54 Å². The van der Waals surface area contributed by atoms with Gasteiger partial charge in [0.25, 0.3) is 17.7 Å². The molecule has 35 heavy (non-hydrogen) atoms. The Labute approximate surface area is 198 Å². The molecule has 2 N–H and O–H groups in total. The first-order valence-electron chi connectivity index (χ1n) is 10.4. The Bertz CT molecular complexity index is 1340. The molecule has 0 aliphatic carbocycles. The molecule has 0 fully saturated rings. The number of nitrogens with zero attached hydrogens (tertiary/aromatic N) is 1. The highest BCUT2D eigenvalue weighted by Gasteiger charge is 2.36. The molecule has 0 bridgehead atoms. The number of fused-ring (bicyclic) bond motifs is 1. The van der Waals surface area contributed by atoms with Crippen molar-refractivity contribution < 1.29 is 33.1 Å². The van der Waals surface area contributed by atoms with E-state index in [1.165, 1.54) is 36.4 Å². The Hall–Kier alpha value is -4.86. The smallest absolute Gasteiger partial charge is 0.338 e. The van der Waals surface area contributed by atoms with Gasteiger partial charge in [-0.15, -0.1) is 0 Å². The van der Waals surface area contributed by atoms with Gasteiger partial charge in [-0.1, -0.05) is 42.5 Å². The summed E-state index contributed by atoms with van der Waals surface area (Å²) in [6, 6.07) is 17.2. The summed E-state index contributed by atoms with van der Waals surface area (Å²) in [4.78, 5) is 62.6. The third-order valence-electron chi connectivity index (χ3n) is 5.10. The lowest BCUT2D eigenvalue weighted by Crippen LogP contribution is -2.37. The number of urea groups is 1. The molecule has 0 saturated carbocycles. The van der Waals surface area contributed by atoms with E-state index < -0.39 is 42.1 Å². The van der Waals surface area contributed by atoms with Gasteiger partial charge in [0.15, 0.2) is 6.61 Å². The Balaban J connectivity index is 1.34. The van der Waals surface area contributed by atoms with Crippen LogP contribution in [0.4, 0.5) is 14.9 Å². The molecule has 10 heteroatoms. The van der Waals surface area contributed by atoms with Crippen LogP contribution < -0.4 is 10.6 Å². The fourth-order valence-corrected chi connectivity index (χ4v) is 3.42. The summed E-state index contributed by atoms with van der Waals surface area (Å²) < 4.78 is 18.5. The van der Waals surface area contributed by atoms with Gasteiger partial charge in [-0.3, -0.25) is 24.6 Å². The number of benzene rings is 3. The third kappa shape index (κ3) is 5.22. The first kappa shape index (κ1) is 23.3. The van der Waals surface area contributed by atoms with E-state index in [9.17, 15) is 28.4 Å². The second kappa shape index (κ2) is 9.96. The maximum atomic E-state index is 13.6. The molecule has 9 nitrogen and oxygen atoms in total. The highest BCUT2D eigenvalue weighted by atomic mass is 19.1. The number of para-hydroxylation sites is 1. The molecule has 0 atom stereocenters. The second-order valence-electron chi connectivity index (χ2n) is 7.50. The number of esters is 1. The van der Waals surface area contributed by atoms with Gasteiger partial charge in [0.1, 0.15) is 5.82 Å². The summed E-state index contributed by atoms with van der Waals surface area (Å²) in [7, 11) is 0.